The summed E-state index contributed by atoms with van der Waals surface area (Å²) < 4.78 is 5.33. The molecule has 2 N–H and O–H groups in total. The standard InChI is InChI=1S/C13H18N2O2/c1-9-5-6-11(8-10(9)2)14-13(16)15-12-4-3-7-17-12/h5-6,8,12H,3-4,7H2,1-2H3,(H2,14,15,16). The average Bonchev–Trinajstić information content (AvgIpc) is 2.76. The summed E-state index contributed by atoms with van der Waals surface area (Å²) in [5.41, 5.74) is 3.19. The van der Waals surface area contributed by atoms with Crippen LogP contribution in [-0.2, 0) is 4.74 Å². The van der Waals surface area contributed by atoms with Crippen molar-refractivity contribution in [1.29, 1.82) is 0 Å². The van der Waals surface area contributed by atoms with Crippen molar-refractivity contribution in [3.05, 3.63) is 29.3 Å². The Labute approximate surface area is 101 Å². The first-order chi connectivity index (χ1) is 8.15. The number of amides is 2. The summed E-state index contributed by atoms with van der Waals surface area (Å²) in [7, 11) is 0. The van der Waals surface area contributed by atoms with E-state index < -0.39 is 0 Å². The highest BCUT2D eigenvalue weighted by atomic mass is 16.5. The molecule has 0 saturated carbocycles. The Morgan fingerprint density at radius 1 is 1.35 bits per heavy atom. The van der Waals surface area contributed by atoms with Crippen molar-refractivity contribution in [1.82, 2.24) is 5.32 Å². The molecule has 1 heterocycles. The summed E-state index contributed by atoms with van der Waals surface area (Å²) >= 11 is 0. The van der Waals surface area contributed by atoms with E-state index >= 15 is 0 Å². The van der Waals surface area contributed by atoms with Crippen molar-refractivity contribution in [3.63, 3.8) is 0 Å². The Balaban J connectivity index is 1.90. The van der Waals surface area contributed by atoms with Crippen LogP contribution in [0, 0.1) is 13.8 Å². The molecule has 17 heavy (non-hydrogen) atoms. The fourth-order valence-electron chi connectivity index (χ4n) is 1.82. The second-order valence-corrected chi connectivity index (χ2v) is 4.40. The average molecular weight is 234 g/mol. The first kappa shape index (κ1) is 11.9. The summed E-state index contributed by atoms with van der Waals surface area (Å²) in [5, 5.41) is 5.60. The first-order valence-corrected chi connectivity index (χ1v) is 5.91. The van der Waals surface area contributed by atoms with Crippen LogP contribution in [0.1, 0.15) is 24.0 Å². The van der Waals surface area contributed by atoms with E-state index in [1.54, 1.807) is 0 Å². The second-order valence-electron chi connectivity index (χ2n) is 4.40. The van der Waals surface area contributed by atoms with Crippen molar-refractivity contribution in [3.8, 4) is 0 Å². The van der Waals surface area contributed by atoms with E-state index in [0.29, 0.717) is 0 Å². The molecule has 1 aromatic carbocycles. The van der Waals surface area contributed by atoms with Gasteiger partial charge in [-0.05, 0) is 49.9 Å². The molecule has 0 spiro atoms. The Kier molecular flexibility index (Phi) is 3.64. The molecule has 0 bridgehead atoms. The first-order valence-electron chi connectivity index (χ1n) is 5.91. The van der Waals surface area contributed by atoms with Gasteiger partial charge in [0.2, 0.25) is 0 Å². The van der Waals surface area contributed by atoms with Crippen LogP contribution in [0.5, 0.6) is 0 Å². The van der Waals surface area contributed by atoms with Crippen LogP contribution in [0.3, 0.4) is 0 Å². The molecule has 0 aromatic heterocycles. The lowest BCUT2D eigenvalue weighted by molar-refractivity contribution is 0.0928. The van der Waals surface area contributed by atoms with E-state index in [-0.39, 0.29) is 12.3 Å². The van der Waals surface area contributed by atoms with E-state index in [2.05, 4.69) is 10.6 Å². The number of aryl methyl sites for hydroxylation is 2. The third-order valence-electron chi connectivity index (χ3n) is 2.99. The molecule has 4 nitrogen and oxygen atoms in total. The number of hydrogen-bond acceptors (Lipinski definition) is 2. The lowest BCUT2D eigenvalue weighted by atomic mass is 10.1. The maximum atomic E-state index is 11.7. The Morgan fingerprint density at radius 2 is 2.18 bits per heavy atom. The number of carbonyl (C=O) groups excluding carboxylic acids is 1. The number of rotatable bonds is 2. The quantitative estimate of drug-likeness (QED) is 0.826. The summed E-state index contributed by atoms with van der Waals surface area (Å²) in [6, 6.07) is 5.65. The molecule has 1 aliphatic heterocycles. The van der Waals surface area contributed by atoms with Crippen LogP contribution in [0.15, 0.2) is 18.2 Å². The molecular formula is C13H18N2O2. The number of hydrogen-bond donors (Lipinski definition) is 2. The van der Waals surface area contributed by atoms with Gasteiger partial charge in [-0.1, -0.05) is 6.07 Å². The van der Waals surface area contributed by atoms with Gasteiger partial charge in [-0.15, -0.1) is 0 Å². The van der Waals surface area contributed by atoms with Crippen molar-refractivity contribution in [2.45, 2.75) is 32.9 Å². The van der Waals surface area contributed by atoms with Gasteiger partial charge in [0, 0.05) is 12.3 Å². The minimum atomic E-state index is -0.208. The molecule has 2 amide bonds. The normalized spacial score (nSPS) is 19.1. The maximum absolute atomic E-state index is 11.7. The van der Waals surface area contributed by atoms with E-state index in [1.165, 1.54) is 11.1 Å². The molecule has 1 fully saturated rings. The number of urea groups is 1. The van der Waals surface area contributed by atoms with Gasteiger partial charge >= 0.3 is 6.03 Å². The second kappa shape index (κ2) is 5.19. The van der Waals surface area contributed by atoms with Crippen molar-refractivity contribution in [2.24, 2.45) is 0 Å². The molecule has 92 valence electrons. The van der Waals surface area contributed by atoms with Crippen molar-refractivity contribution >= 4 is 11.7 Å². The zero-order valence-corrected chi connectivity index (χ0v) is 10.2. The fourth-order valence-corrected chi connectivity index (χ4v) is 1.82. The molecule has 4 heteroatoms. The molecular weight excluding hydrogens is 216 g/mol. The minimum Gasteiger partial charge on any atom is -0.358 e. The Bertz CT molecular complexity index is 412. The number of anilines is 1. The number of ether oxygens (including phenoxy) is 1. The highest BCUT2D eigenvalue weighted by Gasteiger charge is 2.17. The molecule has 1 unspecified atom stereocenters. The molecule has 0 aliphatic carbocycles. The van der Waals surface area contributed by atoms with Gasteiger partial charge in [-0.2, -0.15) is 0 Å². The smallest absolute Gasteiger partial charge is 0.321 e. The zero-order chi connectivity index (χ0) is 12.3. The minimum absolute atomic E-state index is 0.137. The van der Waals surface area contributed by atoms with Gasteiger partial charge in [0.05, 0.1) is 0 Å². The van der Waals surface area contributed by atoms with E-state index in [0.717, 1.165) is 25.1 Å². The van der Waals surface area contributed by atoms with Crippen LogP contribution < -0.4 is 10.6 Å². The zero-order valence-electron chi connectivity index (χ0n) is 10.2. The third-order valence-corrected chi connectivity index (χ3v) is 2.99. The lowest BCUT2D eigenvalue weighted by Gasteiger charge is -2.13. The maximum Gasteiger partial charge on any atom is 0.321 e. The summed E-state index contributed by atoms with van der Waals surface area (Å²) in [6.07, 6.45) is 1.76. The molecule has 1 aromatic rings. The lowest BCUT2D eigenvalue weighted by Crippen LogP contribution is -2.37. The summed E-state index contributed by atoms with van der Waals surface area (Å²) in [5.74, 6) is 0. The van der Waals surface area contributed by atoms with Crippen LogP contribution in [-0.4, -0.2) is 18.9 Å². The molecule has 2 rings (SSSR count). The number of nitrogens with one attached hydrogen (secondary N) is 2. The van der Waals surface area contributed by atoms with Crippen LogP contribution in [0.2, 0.25) is 0 Å². The largest absolute Gasteiger partial charge is 0.358 e. The highest BCUT2D eigenvalue weighted by molar-refractivity contribution is 5.89. The van der Waals surface area contributed by atoms with Crippen LogP contribution >= 0.6 is 0 Å². The molecule has 1 saturated heterocycles. The van der Waals surface area contributed by atoms with Crippen LogP contribution in [0.4, 0.5) is 10.5 Å². The molecule has 0 radical (unpaired) electrons. The van der Waals surface area contributed by atoms with Gasteiger partial charge in [0.25, 0.3) is 0 Å². The Hall–Kier alpha value is -1.55. The van der Waals surface area contributed by atoms with E-state index in [1.807, 2.05) is 32.0 Å². The van der Waals surface area contributed by atoms with Gasteiger partial charge in [0.15, 0.2) is 0 Å². The summed E-state index contributed by atoms with van der Waals surface area (Å²) in [6.45, 7) is 4.80. The number of carbonyl (C=O) groups is 1. The SMILES string of the molecule is Cc1ccc(NC(=O)NC2CCCO2)cc1C. The van der Waals surface area contributed by atoms with Gasteiger partial charge in [-0.25, -0.2) is 4.79 Å². The van der Waals surface area contributed by atoms with E-state index in [9.17, 15) is 4.79 Å². The molecule has 1 atom stereocenters. The van der Waals surface area contributed by atoms with Crippen LogP contribution in [0.25, 0.3) is 0 Å². The van der Waals surface area contributed by atoms with Crippen molar-refractivity contribution < 1.29 is 9.53 Å². The topological polar surface area (TPSA) is 50.4 Å². The van der Waals surface area contributed by atoms with E-state index in [4.69, 9.17) is 4.74 Å². The third kappa shape index (κ3) is 3.20. The predicted octanol–water partition coefficient (Wildman–Crippen LogP) is 2.56. The van der Waals surface area contributed by atoms with Gasteiger partial charge in [0.1, 0.15) is 6.23 Å². The summed E-state index contributed by atoms with van der Waals surface area (Å²) in [4.78, 5) is 11.7. The monoisotopic (exact) mass is 234 g/mol. The predicted molar refractivity (Wildman–Crippen MR) is 67.0 cm³/mol. The van der Waals surface area contributed by atoms with Gasteiger partial charge in [-0.3, -0.25) is 0 Å². The Morgan fingerprint density at radius 3 is 2.82 bits per heavy atom. The highest BCUT2D eigenvalue weighted by Crippen LogP contribution is 2.14. The number of benzene rings is 1. The molecule has 1 aliphatic rings. The van der Waals surface area contributed by atoms with Gasteiger partial charge < -0.3 is 15.4 Å². The van der Waals surface area contributed by atoms with Crippen molar-refractivity contribution in [2.75, 3.05) is 11.9 Å². The fraction of sp³-hybridized carbons (Fsp3) is 0.462.